The molecule has 2 aromatic heterocycles. The summed E-state index contributed by atoms with van der Waals surface area (Å²) in [7, 11) is 0. The summed E-state index contributed by atoms with van der Waals surface area (Å²) in [4.78, 5) is 29.7. The lowest BCUT2D eigenvalue weighted by Gasteiger charge is -2.14. The molecule has 0 aliphatic heterocycles. The lowest BCUT2D eigenvalue weighted by atomic mass is 10.2. The first-order valence-electron chi connectivity index (χ1n) is 9.17. The second kappa shape index (κ2) is 8.34. The highest BCUT2D eigenvalue weighted by atomic mass is 19.1. The summed E-state index contributed by atoms with van der Waals surface area (Å²) in [5, 5.41) is 6.71. The molecule has 1 N–H and O–H groups in total. The molecular weight excluding hydrogens is 380 g/mol. The number of amides is 1. The largest absolute Gasteiger partial charge is 0.322 e. The Balaban J connectivity index is 1.98. The van der Waals surface area contributed by atoms with Gasteiger partial charge in [-0.1, -0.05) is 13.3 Å². The minimum atomic E-state index is -0.902. The molecule has 0 bridgehead atoms. The molecule has 0 spiro atoms. The van der Waals surface area contributed by atoms with Crippen LogP contribution in [0.15, 0.2) is 35.1 Å². The lowest BCUT2D eigenvalue weighted by Crippen LogP contribution is -2.32. The van der Waals surface area contributed by atoms with Crippen LogP contribution in [-0.2, 0) is 17.8 Å². The predicted molar refractivity (Wildman–Crippen MR) is 104 cm³/mol. The molecule has 152 valence electrons. The smallest absolute Gasteiger partial charge is 0.255 e. The third-order valence-electron chi connectivity index (χ3n) is 4.25. The maximum Gasteiger partial charge on any atom is 0.255 e. The average molecular weight is 401 g/mol. The van der Waals surface area contributed by atoms with E-state index in [2.05, 4.69) is 15.4 Å². The Bertz CT molecular complexity index is 1120. The first kappa shape index (κ1) is 20.4. The molecule has 0 fully saturated rings. The quantitative estimate of drug-likeness (QED) is 0.689. The van der Waals surface area contributed by atoms with Crippen molar-refractivity contribution < 1.29 is 13.6 Å². The van der Waals surface area contributed by atoms with Crippen molar-refractivity contribution in [1.82, 2.24) is 19.3 Å². The van der Waals surface area contributed by atoms with E-state index in [4.69, 9.17) is 0 Å². The number of benzene rings is 1. The molecule has 1 amide bonds. The van der Waals surface area contributed by atoms with E-state index in [1.165, 1.54) is 15.3 Å². The fraction of sp³-hybridized carbons (Fsp3) is 0.300. The second-order valence-electron chi connectivity index (χ2n) is 6.73. The molecule has 0 aliphatic rings. The van der Waals surface area contributed by atoms with Crippen LogP contribution in [0.2, 0.25) is 0 Å². The number of carbonyl (C=O) groups is 1. The molecule has 1 aromatic carbocycles. The number of rotatable bonds is 6. The molecule has 0 saturated carbocycles. The predicted octanol–water partition coefficient (Wildman–Crippen LogP) is 2.92. The highest BCUT2D eigenvalue weighted by molar-refractivity contribution is 5.90. The third kappa shape index (κ3) is 4.56. The average Bonchev–Trinajstić information content (AvgIpc) is 2.98. The monoisotopic (exact) mass is 401 g/mol. The minimum absolute atomic E-state index is 0.173. The molecule has 0 atom stereocenters. The van der Waals surface area contributed by atoms with Crippen molar-refractivity contribution in [2.45, 2.75) is 40.2 Å². The highest BCUT2D eigenvalue weighted by Crippen LogP contribution is 2.15. The number of aromatic nitrogens is 4. The first-order valence-corrected chi connectivity index (χ1v) is 9.17. The van der Waals surface area contributed by atoms with E-state index in [1.54, 1.807) is 0 Å². The van der Waals surface area contributed by atoms with Gasteiger partial charge in [0.2, 0.25) is 11.9 Å². The summed E-state index contributed by atoms with van der Waals surface area (Å²) in [6.07, 6.45) is 1.41. The van der Waals surface area contributed by atoms with Crippen LogP contribution in [0.1, 0.15) is 30.4 Å². The van der Waals surface area contributed by atoms with Crippen LogP contribution in [0.25, 0.3) is 5.95 Å². The van der Waals surface area contributed by atoms with Gasteiger partial charge in [0.05, 0.1) is 11.4 Å². The summed E-state index contributed by atoms with van der Waals surface area (Å²) >= 11 is 0. The van der Waals surface area contributed by atoms with E-state index in [1.807, 2.05) is 26.8 Å². The van der Waals surface area contributed by atoms with Gasteiger partial charge in [-0.05, 0) is 38.5 Å². The van der Waals surface area contributed by atoms with Gasteiger partial charge in [-0.2, -0.15) is 5.10 Å². The van der Waals surface area contributed by atoms with Gasteiger partial charge in [-0.15, -0.1) is 0 Å². The maximum absolute atomic E-state index is 13.8. The molecule has 3 rings (SSSR count). The summed E-state index contributed by atoms with van der Waals surface area (Å²) < 4.78 is 29.5. The topological polar surface area (TPSA) is 81.8 Å². The zero-order chi connectivity index (χ0) is 21.1. The van der Waals surface area contributed by atoms with Crippen molar-refractivity contribution in [3.05, 3.63) is 69.4 Å². The van der Waals surface area contributed by atoms with Crippen LogP contribution in [0, 0.1) is 25.5 Å². The molecule has 0 saturated heterocycles. The van der Waals surface area contributed by atoms with E-state index < -0.39 is 29.6 Å². The number of hydrogen-bond acceptors (Lipinski definition) is 4. The standard InChI is InChI=1S/C20H21F2N5O2/c1-4-5-15-10-19(29)26(20(23-15)27-13(3)8-12(2)25-27)11-18(28)24-17-7-6-14(21)9-16(17)22/h6-10H,4-5,11H2,1-3H3,(H,24,28). The SMILES string of the molecule is CCCc1cc(=O)n(CC(=O)Nc2ccc(F)cc2F)c(-n2nc(C)cc2C)n1. The van der Waals surface area contributed by atoms with E-state index in [0.29, 0.717) is 18.2 Å². The van der Waals surface area contributed by atoms with Gasteiger partial charge in [0.25, 0.3) is 5.56 Å². The Kier molecular flexibility index (Phi) is 5.86. The van der Waals surface area contributed by atoms with Gasteiger partial charge in [-0.25, -0.2) is 18.4 Å². The Morgan fingerprint density at radius 2 is 1.93 bits per heavy atom. The number of nitrogens with zero attached hydrogens (tertiary/aromatic N) is 4. The molecule has 0 radical (unpaired) electrons. The normalized spacial score (nSPS) is 10.9. The van der Waals surface area contributed by atoms with Crippen LogP contribution < -0.4 is 10.9 Å². The Labute approximate surface area is 166 Å². The first-order chi connectivity index (χ1) is 13.8. The second-order valence-corrected chi connectivity index (χ2v) is 6.73. The number of nitrogens with one attached hydrogen (secondary N) is 1. The zero-order valence-corrected chi connectivity index (χ0v) is 16.4. The fourth-order valence-corrected chi connectivity index (χ4v) is 2.99. The number of anilines is 1. The van der Waals surface area contributed by atoms with Crippen LogP contribution >= 0.6 is 0 Å². The minimum Gasteiger partial charge on any atom is -0.322 e. The van der Waals surface area contributed by atoms with Gasteiger partial charge in [-0.3, -0.25) is 14.2 Å². The highest BCUT2D eigenvalue weighted by Gasteiger charge is 2.17. The molecule has 3 aromatic rings. The molecule has 0 unspecified atom stereocenters. The van der Waals surface area contributed by atoms with Crippen LogP contribution in [0.4, 0.5) is 14.5 Å². The number of halogens is 2. The lowest BCUT2D eigenvalue weighted by molar-refractivity contribution is -0.116. The number of aryl methyl sites for hydroxylation is 3. The van der Waals surface area contributed by atoms with Gasteiger partial charge >= 0.3 is 0 Å². The molecule has 7 nitrogen and oxygen atoms in total. The zero-order valence-electron chi connectivity index (χ0n) is 16.4. The number of carbonyl (C=O) groups excluding carboxylic acids is 1. The fourth-order valence-electron chi connectivity index (χ4n) is 2.99. The van der Waals surface area contributed by atoms with Crippen molar-refractivity contribution >= 4 is 11.6 Å². The van der Waals surface area contributed by atoms with Crippen LogP contribution in [-0.4, -0.2) is 25.2 Å². The van der Waals surface area contributed by atoms with E-state index in [9.17, 15) is 18.4 Å². The summed E-state index contributed by atoms with van der Waals surface area (Å²) in [6.45, 7) is 5.20. The van der Waals surface area contributed by atoms with Crippen molar-refractivity contribution in [2.75, 3.05) is 5.32 Å². The van der Waals surface area contributed by atoms with Crippen molar-refractivity contribution in [1.29, 1.82) is 0 Å². The van der Waals surface area contributed by atoms with Gasteiger partial charge in [0.1, 0.15) is 18.2 Å². The maximum atomic E-state index is 13.8. The third-order valence-corrected chi connectivity index (χ3v) is 4.25. The molecule has 29 heavy (non-hydrogen) atoms. The van der Waals surface area contributed by atoms with Crippen molar-refractivity contribution in [3.8, 4) is 5.95 Å². The summed E-state index contributed by atoms with van der Waals surface area (Å²) in [6, 6.07) is 6.04. The van der Waals surface area contributed by atoms with E-state index in [-0.39, 0.29) is 11.6 Å². The van der Waals surface area contributed by atoms with E-state index in [0.717, 1.165) is 29.9 Å². The van der Waals surface area contributed by atoms with Gasteiger partial charge < -0.3 is 5.32 Å². The summed E-state index contributed by atoms with van der Waals surface area (Å²) in [5.74, 6) is -2.09. The van der Waals surface area contributed by atoms with Crippen molar-refractivity contribution in [2.24, 2.45) is 0 Å². The molecule has 0 aliphatic carbocycles. The van der Waals surface area contributed by atoms with Crippen LogP contribution in [0.3, 0.4) is 0 Å². The molecular formula is C20H21F2N5O2. The summed E-state index contributed by atoms with van der Waals surface area (Å²) in [5.41, 5.74) is 1.50. The molecule has 2 heterocycles. The van der Waals surface area contributed by atoms with Gasteiger partial charge in [0, 0.05) is 23.5 Å². The Morgan fingerprint density at radius 3 is 2.55 bits per heavy atom. The number of hydrogen-bond donors (Lipinski definition) is 1. The Morgan fingerprint density at radius 1 is 1.17 bits per heavy atom. The Hall–Kier alpha value is -3.36. The van der Waals surface area contributed by atoms with Crippen molar-refractivity contribution in [3.63, 3.8) is 0 Å². The van der Waals surface area contributed by atoms with Crippen LogP contribution in [0.5, 0.6) is 0 Å². The van der Waals surface area contributed by atoms with Gasteiger partial charge in [0.15, 0.2) is 0 Å². The molecule has 9 heteroatoms. The van der Waals surface area contributed by atoms with E-state index >= 15 is 0 Å².